The highest BCUT2D eigenvalue weighted by atomic mass is 16.3. The molecular formula is C12H15NO. The van der Waals surface area contributed by atoms with Gasteiger partial charge in [0, 0.05) is 19.6 Å². The molecule has 74 valence electrons. The largest absolute Gasteiger partial charge is 0.508 e. The lowest BCUT2D eigenvalue weighted by atomic mass is 9.99. The standard InChI is InChI=1S/C12H15NO/c1-2-6-13-7-5-10-8-12(14)4-3-11(10)9-13/h2-4,8,14H,1,5-7,9H2. The average molecular weight is 189 g/mol. The number of benzene rings is 1. The number of fused-ring (bicyclic) bond motifs is 1. The Morgan fingerprint density at radius 1 is 1.43 bits per heavy atom. The summed E-state index contributed by atoms with van der Waals surface area (Å²) < 4.78 is 0. The SMILES string of the molecule is C=CCN1CCc2cc(O)ccc2C1. The Hall–Kier alpha value is -1.28. The highest BCUT2D eigenvalue weighted by molar-refractivity contribution is 5.36. The summed E-state index contributed by atoms with van der Waals surface area (Å²) >= 11 is 0. The molecular weight excluding hydrogens is 174 g/mol. The van der Waals surface area contributed by atoms with Crippen molar-refractivity contribution in [2.45, 2.75) is 13.0 Å². The van der Waals surface area contributed by atoms with Gasteiger partial charge < -0.3 is 5.11 Å². The highest BCUT2D eigenvalue weighted by Crippen LogP contribution is 2.22. The van der Waals surface area contributed by atoms with Gasteiger partial charge in [0.25, 0.3) is 0 Å². The molecule has 1 N–H and O–H groups in total. The van der Waals surface area contributed by atoms with Crippen LogP contribution in [0.5, 0.6) is 5.75 Å². The monoisotopic (exact) mass is 189 g/mol. The van der Waals surface area contributed by atoms with Crippen molar-refractivity contribution in [3.05, 3.63) is 42.0 Å². The molecule has 0 atom stereocenters. The second kappa shape index (κ2) is 3.84. The third kappa shape index (κ3) is 1.80. The van der Waals surface area contributed by atoms with E-state index in [4.69, 9.17) is 0 Å². The lowest BCUT2D eigenvalue weighted by Crippen LogP contribution is -2.30. The zero-order valence-electron chi connectivity index (χ0n) is 8.24. The first-order valence-corrected chi connectivity index (χ1v) is 4.93. The van der Waals surface area contributed by atoms with E-state index < -0.39 is 0 Å². The van der Waals surface area contributed by atoms with Gasteiger partial charge in [0.05, 0.1) is 0 Å². The van der Waals surface area contributed by atoms with E-state index in [2.05, 4.69) is 11.5 Å². The summed E-state index contributed by atoms with van der Waals surface area (Å²) in [6, 6.07) is 5.65. The number of phenols is 1. The Morgan fingerprint density at radius 2 is 2.29 bits per heavy atom. The lowest BCUT2D eigenvalue weighted by molar-refractivity contribution is 0.281. The maximum absolute atomic E-state index is 9.33. The van der Waals surface area contributed by atoms with E-state index in [9.17, 15) is 5.11 Å². The molecule has 1 aromatic carbocycles. The van der Waals surface area contributed by atoms with Gasteiger partial charge in [0.1, 0.15) is 5.75 Å². The van der Waals surface area contributed by atoms with Crippen LogP contribution in [0.15, 0.2) is 30.9 Å². The van der Waals surface area contributed by atoms with E-state index in [1.807, 2.05) is 18.2 Å². The maximum atomic E-state index is 9.33. The molecule has 0 aliphatic carbocycles. The quantitative estimate of drug-likeness (QED) is 0.719. The number of hydrogen-bond acceptors (Lipinski definition) is 2. The Labute approximate surface area is 84.5 Å². The van der Waals surface area contributed by atoms with Crippen LogP contribution in [-0.2, 0) is 13.0 Å². The van der Waals surface area contributed by atoms with Crippen molar-refractivity contribution in [1.82, 2.24) is 4.90 Å². The van der Waals surface area contributed by atoms with E-state index in [0.29, 0.717) is 5.75 Å². The van der Waals surface area contributed by atoms with Gasteiger partial charge in [-0.25, -0.2) is 0 Å². The maximum Gasteiger partial charge on any atom is 0.115 e. The second-order valence-electron chi connectivity index (χ2n) is 3.73. The molecule has 0 aromatic heterocycles. The first-order chi connectivity index (χ1) is 6.79. The van der Waals surface area contributed by atoms with Crippen molar-refractivity contribution in [2.24, 2.45) is 0 Å². The van der Waals surface area contributed by atoms with Crippen molar-refractivity contribution < 1.29 is 5.11 Å². The van der Waals surface area contributed by atoms with Gasteiger partial charge in [-0.2, -0.15) is 0 Å². The molecule has 0 fully saturated rings. The summed E-state index contributed by atoms with van der Waals surface area (Å²) in [5.41, 5.74) is 2.61. The first kappa shape index (κ1) is 9.28. The topological polar surface area (TPSA) is 23.5 Å². The predicted molar refractivity (Wildman–Crippen MR) is 57.3 cm³/mol. The molecule has 14 heavy (non-hydrogen) atoms. The van der Waals surface area contributed by atoms with Gasteiger partial charge in [-0.15, -0.1) is 6.58 Å². The summed E-state index contributed by atoms with van der Waals surface area (Å²) in [5, 5.41) is 9.33. The summed E-state index contributed by atoms with van der Waals surface area (Å²) in [5.74, 6) is 0.376. The molecule has 0 bridgehead atoms. The van der Waals surface area contributed by atoms with Crippen molar-refractivity contribution in [3.63, 3.8) is 0 Å². The van der Waals surface area contributed by atoms with E-state index in [-0.39, 0.29) is 0 Å². The van der Waals surface area contributed by atoms with Crippen LogP contribution >= 0.6 is 0 Å². The van der Waals surface area contributed by atoms with Gasteiger partial charge in [0.2, 0.25) is 0 Å². The van der Waals surface area contributed by atoms with Crippen LogP contribution in [0.3, 0.4) is 0 Å². The first-order valence-electron chi connectivity index (χ1n) is 4.93. The molecule has 1 aliphatic heterocycles. The molecule has 0 unspecified atom stereocenters. The van der Waals surface area contributed by atoms with E-state index in [1.165, 1.54) is 11.1 Å². The number of hydrogen-bond donors (Lipinski definition) is 1. The zero-order valence-corrected chi connectivity index (χ0v) is 8.24. The van der Waals surface area contributed by atoms with E-state index in [1.54, 1.807) is 6.07 Å². The summed E-state index contributed by atoms with van der Waals surface area (Å²) in [4.78, 5) is 2.35. The Bertz CT molecular complexity index is 346. The molecule has 0 saturated carbocycles. The minimum absolute atomic E-state index is 0.376. The zero-order chi connectivity index (χ0) is 9.97. The molecule has 2 heteroatoms. The van der Waals surface area contributed by atoms with E-state index in [0.717, 1.165) is 26.1 Å². The minimum atomic E-state index is 0.376. The van der Waals surface area contributed by atoms with Gasteiger partial charge >= 0.3 is 0 Å². The van der Waals surface area contributed by atoms with Crippen LogP contribution in [0.4, 0.5) is 0 Å². The molecule has 0 saturated heterocycles. The Morgan fingerprint density at radius 3 is 3.07 bits per heavy atom. The number of phenolic OH excluding ortho intramolecular Hbond substituents is 1. The highest BCUT2D eigenvalue weighted by Gasteiger charge is 2.14. The van der Waals surface area contributed by atoms with E-state index >= 15 is 0 Å². The Kier molecular flexibility index (Phi) is 2.55. The van der Waals surface area contributed by atoms with Crippen molar-refractivity contribution in [1.29, 1.82) is 0 Å². The summed E-state index contributed by atoms with van der Waals surface area (Å²) in [6.45, 7) is 6.72. The number of aromatic hydroxyl groups is 1. The number of nitrogens with zero attached hydrogens (tertiary/aromatic N) is 1. The van der Waals surface area contributed by atoms with Gasteiger partial charge in [-0.1, -0.05) is 12.1 Å². The minimum Gasteiger partial charge on any atom is -0.508 e. The normalized spacial score (nSPS) is 16.3. The molecule has 2 nitrogen and oxygen atoms in total. The molecule has 1 aliphatic rings. The molecule has 2 rings (SSSR count). The molecule has 1 aromatic rings. The molecule has 1 heterocycles. The Balaban J connectivity index is 2.18. The van der Waals surface area contributed by atoms with Crippen LogP contribution in [0.2, 0.25) is 0 Å². The third-order valence-electron chi connectivity index (χ3n) is 2.67. The average Bonchev–Trinajstić information content (AvgIpc) is 2.19. The van der Waals surface area contributed by atoms with Crippen LogP contribution in [0.1, 0.15) is 11.1 Å². The summed E-state index contributed by atoms with van der Waals surface area (Å²) in [7, 11) is 0. The predicted octanol–water partition coefficient (Wildman–Crippen LogP) is 1.94. The molecule has 0 spiro atoms. The smallest absolute Gasteiger partial charge is 0.115 e. The second-order valence-corrected chi connectivity index (χ2v) is 3.73. The van der Waals surface area contributed by atoms with Crippen LogP contribution < -0.4 is 0 Å². The fourth-order valence-electron chi connectivity index (χ4n) is 1.94. The third-order valence-corrected chi connectivity index (χ3v) is 2.67. The van der Waals surface area contributed by atoms with Crippen molar-refractivity contribution in [3.8, 4) is 5.75 Å². The molecule has 0 amide bonds. The summed E-state index contributed by atoms with van der Waals surface area (Å²) in [6.07, 6.45) is 2.96. The fraction of sp³-hybridized carbons (Fsp3) is 0.333. The van der Waals surface area contributed by atoms with Gasteiger partial charge in [0.15, 0.2) is 0 Å². The van der Waals surface area contributed by atoms with Crippen LogP contribution in [0, 0.1) is 0 Å². The number of rotatable bonds is 2. The van der Waals surface area contributed by atoms with Gasteiger partial charge in [-0.3, -0.25) is 4.90 Å². The van der Waals surface area contributed by atoms with Crippen molar-refractivity contribution in [2.75, 3.05) is 13.1 Å². The van der Waals surface area contributed by atoms with Gasteiger partial charge in [-0.05, 0) is 29.7 Å². The molecule has 0 radical (unpaired) electrons. The van der Waals surface area contributed by atoms with Crippen molar-refractivity contribution >= 4 is 0 Å². The lowest BCUT2D eigenvalue weighted by Gasteiger charge is -2.27. The fourth-order valence-corrected chi connectivity index (χ4v) is 1.94. The van der Waals surface area contributed by atoms with Crippen LogP contribution in [0.25, 0.3) is 0 Å². The van der Waals surface area contributed by atoms with Crippen LogP contribution in [-0.4, -0.2) is 23.1 Å².